The van der Waals surface area contributed by atoms with Gasteiger partial charge in [-0.1, -0.05) is 42.1 Å². The molecule has 0 aromatic heterocycles. The van der Waals surface area contributed by atoms with Crippen molar-refractivity contribution in [2.75, 3.05) is 0 Å². The summed E-state index contributed by atoms with van der Waals surface area (Å²) in [6.45, 7) is 0. The minimum absolute atomic E-state index is 0.0512. The lowest BCUT2D eigenvalue weighted by atomic mass is 10.1. The number of hydrogen-bond acceptors (Lipinski definition) is 6. The first-order valence-electron chi connectivity index (χ1n) is 6.93. The third-order valence-electron chi connectivity index (χ3n) is 3.20. The number of hydrogen-bond donors (Lipinski definition) is 2. The van der Waals surface area contributed by atoms with Gasteiger partial charge in [0.2, 0.25) is 0 Å². The number of rotatable bonds is 3. The van der Waals surface area contributed by atoms with Gasteiger partial charge in [0.25, 0.3) is 5.91 Å². The van der Waals surface area contributed by atoms with E-state index in [1.54, 1.807) is 6.21 Å². The van der Waals surface area contributed by atoms with Gasteiger partial charge in [-0.3, -0.25) is 4.79 Å². The van der Waals surface area contributed by atoms with E-state index in [9.17, 15) is 15.0 Å². The summed E-state index contributed by atoms with van der Waals surface area (Å²) in [6.07, 6.45) is 3.08. The fraction of sp³-hybridized carbons (Fsp3) is 0. The molecule has 1 heterocycles. The van der Waals surface area contributed by atoms with E-state index in [1.807, 2.05) is 30.3 Å². The first-order chi connectivity index (χ1) is 11.5. The molecule has 1 aliphatic heterocycles. The van der Waals surface area contributed by atoms with Gasteiger partial charge in [-0.25, -0.2) is 0 Å². The monoisotopic (exact) mass is 356 g/mol. The third kappa shape index (κ3) is 3.47. The fourth-order valence-corrected chi connectivity index (χ4v) is 3.18. The van der Waals surface area contributed by atoms with Gasteiger partial charge in [-0.05, 0) is 36.0 Å². The summed E-state index contributed by atoms with van der Waals surface area (Å²) in [5, 5.41) is 24.4. The molecule has 120 valence electrons. The maximum absolute atomic E-state index is 12.4. The average molecular weight is 356 g/mol. The number of benzene rings is 2. The van der Waals surface area contributed by atoms with Crippen molar-refractivity contribution < 1.29 is 15.0 Å². The van der Waals surface area contributed by atoms with Gasteiger partial charge < -0.3 is 10.2 Å². The molecule has 0 bridgehead atoms. The number of thiocarbonyl (C=S) groups is 1. The molecule has 0 spiro atoms. The summed E-state index contributed by atoms with van der Waals surface area (Å²) < 4.78 is 0.316. The van der Waals surface area contributed by atoms with Crippen LogP contribution in [0, 0.1) is 0 Å². The van der Waals surface area contributed by atoms with Crippen LogP contribution < -0.4 is 0 Å². The van der Waals surface area contributed by atoms with Crippen LogP contribution in [-0.2, 0) is 4.79 Å². The predicted octanol–water partition coefficient (Wildman–Crippen LogP) is 3.33. The normalized spacial score (nSPS) is 16.5. The van der Waals surface area contributed by atoms with Crippen LogP contribution >= 0.6 is 24.0 Å². The highest BCUT2D eigenvalue weighted by Crippen LogP contribution is 2.34. The van der Waals surface area contributed by atoms with Crippen LogP contribution in [0.2, 0.25) is 0 Å². The summed E-state index contributed by atoms with van der Waals surface area (Å²) in [6, 6.07) is 13.5. The van der Waals surface area contributed by atoms with Crippen molar-refractivity contribution >= 4 is 46.5 Å². The number of thioether (sulfide) groups is 1. The second kappa shape index (κ2) is 6.86. The molecular weight excluding hydrogens is 344 g/mol. The summed E-state index contributed by atoms with van der Waals surface area (Å²) in [5.74, 6) is -0.526. The SMILES string of the molecule is O=C1/C(=C\c2ccc(O)cc2O)SC(=S)N1/N=C/c1ccccc1. The van der Waals surface area contributed by atoms with E-state index >= 15 is 0 Å². The molecule has 24 heavy (non-hydrogen) atoms. The highest BCUT2D eigenvalue weighted by Gasteiger charge is 2.32. The Morgan fingerprint density at radius 2 is 1.88 bits per heavy atom. The number of amides is 1. The highest BCUT2D eigenvalue weighted by molar-refractivity contribution is 8.26. The van der Waals surface area contributed by atoms with Crippen molar-refractivity contribution in [2.24, 2.45) is 5.10 Å². The number of phenolic OH excluding ortho intramolecular Hbond substituents is 2. The number of hydrazone groups is 1. The number of phenols is 2. The number of carbonyl (C=O) groups is 1. The van der Waals surface area contributed by atoms with E-state index in [4.69, 9.17) is 12.2 Å². The molecule has 1 amide bonds. The average Bonchev–Trinajstić information content (AvgIpc) is 2.83. The van der Waals surface area contributed by atoms with Gasteiger partial charge in [0.1, 0.15) is 11.5 Å². The number of carbonyl (C=O) groups excluding carboxylic acids is 1. The van der Waals surface area contributed by atoms with Gasteiger partial charge >= 0.3 is 0 Å². The molecule has 2 aromatic rings. The van der Waals surface area contributed by atoms with Crippen molar-refractivity contribution in [3.05, 3.63) is 64.6 Å². The second-order valence-electron chi connectivity index (χ2n) is 4.89. The molecule has 1 aliphatic rings. The lowest BCUT2D eigenvalue weighted by molar-refractivity contribution is -0.122. The highest BCUT2D eigenvalue weighted by atomic mass is 32.2. The van der Waals surface area contributed by atoms with E-state index in [1.165, 1.54) is 24.3 Å². The Morgan fingerprint density at radius 3 is 2.58 bits per heavy atom. The Kier molecular flexibility index (Phi) is 4.64. The number of nitrogens with zero attached hydrogens (tertiary/aromatic N) is 2. The first kappa shape index (κ1) is 16.2. The Hall–Kier alpha value is -2.64. The van der Waals surface area contributed by atoms with E-state index < -0.39 is 0 Å². The van der Waals surface area contributed by atoms with Crippen molar-refractivity contribution in [1.29, 1.82) is 0 Å². The first-order valence-corrected chi connectivity index (χ1v) is 8.16. The van der Waals surface area contributed by atoms with Crippen LogP contribution in [0.4, 0.5) is 0 Å². The molecule has 0 unspecified atom stereocenters. The van der Waals surface area contributed by atoms with Crippen LogP contribution in [0.25, 0.3) is 6.08 Å². The van der Waals surface area contributed by atoms with Gasteiger partial charge in [0, 0.05) is 11.6 Å². The quantitative estimate of drug-likeness (QED) is 0.501. The van der Waals surface area contributed by atoms with Gasteiger partial charge in [-0.15, -0.1) is 0 Å². The Labute approximate surface area is 147 Å². The van der Waals surface area contributed by atoms with Crippen molar-refractivity contribution in [1.82, 2.24) is 5.01 Å². The zero-order valence-corrected chi connectivity index (χ0v) is 13.9. The summed E-state index contributed by atoms with van der Waals surface area (Å²) in [4.78, 5) is 12.8. The maximum atomic E-state index is 12.4. The number of aromatic hydroxyl groups is 2. The lowest BCUT2D eigenvalue weighted by Crippen LogP contribution is -2.22. The molecule has 2 N–H and O–H groups in total. The molecule has 0 aliphatic carbocycles. The fourth-order valence-electron chi connectivity index (χ4n) is 2.02. The van der Waals surface area contributed by atoms with Gasteiger partial charge in [0.15, 0.2) is 4.32 Å². The molecule has 3 rings (SSSR count). The summed E-state index contributed by atoms with van der Waals surface area (Å²) in [7, 11) is 0. The molecule has 1 fully saturated rings. The van der Waals surface area contributed by atoms with Crippen LogP contribution in [-0.4, -0.2) is 31.7 Å². The van der Waals surface area contributed by atoms with Gasteiger partial charge in [0.05, 0.1) is 11.1 Å². The molecular formula is C17H12N2O3S2. The van der Waals surface area contributed by atoms with Gasteiger partial charge in [-0.2, -0.15) is 10.1 Å². The van der Waals surface area contributed by atoms with Crippen LogP contribution in [0.5, 0.6) is 11.5 Å². The molecule has 5 nitrogen and oxygen atoms in total. The summed E-state index contributed by atoms with van der Waals surface area (Å²) in [5.41, 5.74) is 1.27. The standard InChI is InChI=1S/C17H12N2O3S2/c20-13-7-6-12(14(21)9-13)8-15-16(22)19(17(23)24-15)18-10-11-4-2-1-3-5-11/h1-10,20-21H/b15-8+,18-10+. The van der Waals surface area contributed by atoms with Crippen molar-refractivity contribution in [3.63, 3.8) is 0 Å². The van der Waals surface area contributed by atoms with Crippen molar-refractivity contribution in [2.45, 2.75) is 0 Å². The van der Waals surface area contributed by atoms with Crippen LogP contribution in [0.15, 0.2) is 58.5 Å². The zero-order chi connectivity index (χ0) is 17.1. The molecule has 2 aromatic carbocycles. The molecule has 7 heteroatoms. The predicted molar refractivity (Wildman–Crippen MR) is 98.8 cm³/mol. The smallest absolute Gasteiger partial charge is 0.286 e. The molecule has 1 saturated heterocycles. The molecule has 0 saturated carbocycles. The minimum atomic E-state index is -0.357. The van der Waals surface area contributed by atoms with E-state index in [0.717, 1.165) is 22.3 Å². The second-order valence-corrected chi connectivity index (χ2v) is 6.57. The zero-order valence-electron chi connectivity index (χ0n) is 12.3. The Balaban J connectivity index is 1.83. The topological polar surface area (TPSA) is 73.1 Å². The Morgan fingerprint density at radius 1 is 1.12 bits per heavy atom. The Bertz CT molecular complexity index is 863. The van der Waals surface area contributed by atoms with Crippen LogP contribution in [0.1, 0.15) is 11.1 Å². The lowest BCUT2D eigenvalue weighted by Gasteiger charge is -2.06. The van der Waals surface area contributed by atoms with E-state index in [2.05, 4.69) is 5.10 Å². The maximum Gasteiger partial charge on any atom is 0.286 e. The van der Waals surface area contributed by atoms with E-state index in [-0.39, 0.29) is 17.4 Å². The minimum Gasteiger partial charge on any atom is -0.508 e. The van der Waals surface area contributed by atoms with Crippen LogP contribution in [0.3, 0.4) is 0 Å². The summed E-state index contributed by atoms with van der Waals surface area (Å²) >= 11 is 6.30. The van der Waals surface area contributed by atoms with Crippen molar-refractivity contribution in [3.8, 4) is 11.5 Å². The van der Waals surface area contributed by atoms with E-state index in [0.29, 0.717) is 14.8 Å². The molecule has 0 atom stereocenters. The molecule has 0 radical (unpaired) electrons. The largest absolute Gasteiger partial charge is 0.508 e. The third-order valence-corrected chi connectivity index (χ3v) is 4.48.